The van der Waals surface area contributed by atoms with Crippen LogP contribution in [0.25, 0.3) is 0 Å². The third kappa shape index (κ3) is 4.74. The second-order valence-corrected chi connectivity index (χ2v) is 5.24. The monoisotopic (exact) mass is 313 g/mol. The summed E-state index contributed by atoms with van der Waals surface area (Å²) in [5.74, 6) is 2.47. The van der Waals surface area contributed by atoms with Gasteiger partial charge in [0, 0.05) is 0 Å². The molecule has 0 amide bonds. The Bertz CT molecular complexity index is 663. The fraction of sp³-hybridized carbons (Fsp3) is 0.316. The zero-order chi connectivity index (χ0) is 16.7. The van der Waals surface area contributed by atoms with Gasteiger partial charge in [-0.2, -0.15) is 0 Å². The molecule has 0 fully saturated rings. The van der Waals surface area contributed by atoms with Crippen LogP contribution >= 0.6 is 0 Å². The predicted octanol–water partition coefficient (Wildman–Crippen LogP) is 4.81. The fourth-order valence-corrected chi connectivity index (χ4v) is 2.10. The molecule has 4 heteroatoms. The zero-order valence-electron chi connectivity index (χ0n) is 14.1. The van der Waals surface area contributed by atoms with Gasteiger partial charge in [0.05, 0.1) is 6.21 Å². The number of ether oxygens (including phenoxy) is 2. The maximum absolute atomic E-state index is 6.03. The standard InChI is InChI=1S/C19H23NO3/c1-5-22-20-12-13-21-17-8-10-18(11-9-17)23-19-15(3)7-6-14(2)16(19)4/h6-12H,5,13H2,1-4H3/b20-12+. The number of oxime groups is 1. The van der Waals surface area contributed by atoms with Crippen molar-refractivity contribution in [3.05, 3.63) is 53.1 Å². The van der Waals surface area contributed by atoms with Gasteiger partial charge >= 0.3 is 0 Å². The molecule has 122 valence electrons. The van der Waals surface area contributed by atoms with Gasteiger partial charge in [-0.15, -0.1) is 0 Å². The van der Waals surface area contributed by atoms with Gasteiger partial charge in [-0.1, -0.05) is 17.3 Å². The zero-order valence-corrected chi connectivity index (χ0v) is 14.1. The first-order valence-electron chi connectivity index (χ1n) is 7.73. The van der Waals surface area contributed by atoms with Gasteiger partial charge in [-0.3, -0.25) is 0 Å². The van der Waals surface area contributed by atoms with Crippen molar-refractivity contribution in [1.29, 1.82) is 0 Å². The lowest BCUT2D eigenvalue weighted by atomic mass is 10.1. The largest absolute Gasteiger partial charge is 0.488 e. The molecule has 4 nitrogen and oxygen atoms in total. The van der Waals surface area contributed by atoms with Gasteiger partial charge in [0.1, 0.15) is 30.5 Å². The molecule has 0 spiro atoms. The molecule has 0 N–H and O–H groups in total. The van der Waals surface area contributed by atoms with Crippen molar-refractivity contribution in [2.45, 2.75) is 27.7 Å². The van der Waals surface area contributed by atoms with Crippen molar-refractivity contribution in [2.24, 2.45) is 5.16 Å². The lowest BCUT2D eigenvalue weighted by molar-refractivity contribution is 0.158. The van der Waals surface area contributed by atoms with Gasteiger partial charge in [-0.25, -0.2) is 0 Å². The Morgan fingerprint density at radius 1 is 0.913 bits per heavy atom. The first-order valence-corrected chi connectivity index (χ1v) is 7.73. The van der Waals surface area contributed by atoms with E-state index in [0.717, 1.165) is 28.4 Å². The summed E-state index contributed by atoms with van der Waals surface area (Å²) in [7, 11) is 0. The Kier molecular flexibility index (Phi) is 6.03. The van der Waals surface area contributed by atoms with Crippen molar-refractivity contribution in [3.8, 4) is 17.2 Å². The number of hydrogen-bond donors (Lipinski definition) is 0. The van der Waals surface area contributed by atoms with Crippen molar-refractivity contribution in [2.75, 3.05) is 13.2 Å². The maximum Gasteiger partial charge on any atom is 0.133 e. The third-order valence-electron chi connectivity index (χ3n) is 3.52. The second kappa shape index (κ2) is 8.22. The van der Waals surface area contributed by atoms with E-state index >= 15 is 0 Å². The van der Waals surface area contributed by atoms with E-state index in [4.69, 9.17) is 14.3 Å². The quantitative estimate of drug-likeness (QED) is 0.544. The summed E-state index contributed by atoms with van der Waals surface area (Å²) in [4.78, 5) is 4.86. The molecule has 0 atom stereocenters. The van der Waals surface area contributed by atoms with Crippen molar-refractivity contribution in [3.63, 3.8) is 0 Å². The predicted molar refractivity (Wildman–Crippen MR) is 92.8 cm³/mol. The topological polar surface area (TPSA) is 40.0 Å². The van der Waals surface area contributed by atoms with Crippen LogP contribution in [0.5, 0.6) is 17.2 Å². The highest BCUT2D eigenvalue weighted by molar-refractivity contribution is 5.58. The highest BCUT2D eigenvalue weighted by Gasteiger charge is 2.07. The molecular weight excluding hydrogens is 290 g/mol. The minimum absolute atomic E-state index is 0.371. The van der Waals surface area contributed by atoms with Crippen LogP contribution in [0, 0.1) is 20.8 Å². The van der Waals surface area contributed by atoms with Crippen LogP contribution in [0.1, 0.15) is 23.6 Å². The van der Waals surface area contributed by atoms with E-state index < -0.39 is 0 Å². The lowest BCUT2D eigenvalue weighted by Crippen LogP contribution is -1.99. The minimum Gasteiger partial charge on any atom is -0.488 e. The highest BCUT2D eigenvalue weighted by Crippen LogP contribution is 2.31. The van der Waals surface area contributed by atoms with E-state index in [1.54, 1.807) is 6.21 Å². The summed E-state index contributed by atoms with van der Waals surface area (Å²) in [6.45, 7) is 9.03. The van der Waals surface area contributed by atoms with Crippen LogP contribution in [0.3, 0.4) is 0 Å². The first-order chi connectivity index (χ1) is 11.1. The Morgan fingerprint density at radius 3 is 2.26 bits per heavy atom. The van der Waals surface area contributed by atoms with E-state index in [1.165, 1.54) is 5.56 Å². The molecule has 2 aromatic rings. The Morgan fingerprint density at radius 2 is 1.57 bits per heavy atom. The molecule has 0 aliphatic carbocycles. The van der Waals surface area contributed by atoms with Crippen molar-refractivity contribution in [1.82, 2.24) is 0 Å². The van der Waals surface area contributed by atoms with Gasteiger partial charge < -0.3 is 14.3 Å². The Hall–Kier alpha value is -2.49. The van der Waals surface area contributed by atoms with Gasteiger partial charge in [0.15, 0.2) is 0 Å². The smallest absolute Gasteiger partial charge is 0.133 e. The molecule has 2 aromatic carbocycles. The van der Waals surface area contributed by atoms with Crippen LogP contribution < -0.4 is 9.47 Å². The molecule has 0 heterocycles. The molecule has 0 unspecified atom stereocenters. The summed E-state index contributed by atoms with van der Waals surface area (Å²) in [6.07, 6.45) is 1.59. The second-order valence-electron chi connectivity index (χ2n) is 5.24. The van der Waals surface area contributed by atoms with Crippen LogP contribution in [0.15, 0.2) is 41.6 Å². The van der Waals surface area contributed by atoms with Gasteiger partial charge in [-0.05, 0) is 68.7 Å². The van der Waals surface area contributed by atoms with E-state index in [0.29, 0.717) is 13.2 Å². The van der Waals surface area contributed by atoms with E-state index in [2.05, 4.69) is 38.1 Å². The van der Waals surface area contributed by atoms with Crippen LogP contribution in [-0.4, -0.2) is 19.4 Å². The number of nitrogens with zero attached hydrogens (tertiary/aromatic N) is 1. The van der Waals surface area contributed by atoms with Crippen molar-refractivity contribution < 1.29 is 14.3 Å². The van der Waals surface area contributed by atoms with Crippen LogP contribution in [-0.2, 0) is 4.84 Å². The van der Waals surface area contributed by atoms with Gasteiger partial charge in [0.25, 0.3) is 0 Å². The van der Waals surface area contributed by atoms with Crippen LogP contribution in [0.4, 0.5) is 0 Å². The van der Waals surface area contributed by atoms with E-state index in [9.17, 15) is 0 Å². The Balaban J connectivity index is 1.99. The summed E-state index contributed by atoms with van der Waals surface area (Å²) in [6, 6.07) is 11.7. The lowest BCUT2D eigenvalue weighted by Gasteiger charge is -2.14. The third-order valence-corrected chi connectivity index (χ3v) is 3.52. The molecular formula is C19H23NO3. The van der Waals surface area contributed by atoms with Gasteiger partial charge in [0.2, 0.25) is 0 Å². The number of hydrogen-bond acceptors (Lipinski definition) is 4. The average molecular weight is 313 g/mol. The average Bonchev–Trinajstić information content (AvgIpc) is 2.56. The summed E-state index contributed by atoms with van der Waals surface area (Å²) < 4.78 is 11.6. The van der Waals surface area contributed by atoms with Crippen LogP contribution in [0.2, 0.25) is 0 Å². The molecule has 0 saturated carbocycles. The number of benzene rings is 2. The minimum atomic E-state index is 0.371. The molecule has 0 aliphatic heterocycles. The molecule has 0 radical (unpaired) electrons. The van der Waals surface area contributed by atoms with Crippen molar-refractivity contribution >= 4 is 6.21 Å². The molecule has 0 saturated heterocycles. The normalized spacial score (nSPS) is 10.8. The Labute approximate surface area is 137 Å². The highest BCUT2D eigenvalue weighted by atomic mass is 16.6. The van der Waals surface area contributed by atoms with E-state index in [1.807, 2.05) is 31.2 Å². The summed E-state index contributed by atoms with van der Waals surface area (Å²) >= 11 is 0. The SMILES string of the molecule is CCO/N=C/COc1ccc(Oc2c(C)ccc(C)c2C)cc1. The molecule has 2 rings (SSSR count). The molecule has 23 heavy (non-hydrogen) atoms. The number of aryl methyl sites for hydroxylation is 2. The molecule has 0 bridgehead atoms. The first kappa shape index (κ1) is 16.9. The fourth-order valence-electron chi connectivity index (χ4n) is 2.10. The molecule has 0 aliphatic rings. The summed E-state index contributed by atoms with van der Waals surface area (Å²) in [5, 5.41) is 3.73. The maximum atomic E-state index is 6.03. The molecule has 0 aromatic heterocycles. The summed E-state index contributed by atoms with van der Waals surface area (Å²) in [5.41, 5.74) is 3.51. The van der Waals surface area contributed by atoms with E-state index in [-0.39, 0.29) is 0 Å². The number of rotatable bonds is 7.